The second kappa shape index (κ2) is 4.28. The van der Waals surface area contributed by atoms with Gasteiger partial charge in [-0.3, -0.25) is 10.1 Å². The monoisotopic (exact) mass is 299 g/mol. The first-order valence-electron chi connectivity index (χ1n) is 3.86. The lowest BCUT2D eigenvalue weighted by molar-refractivity contribution is -0.385. The average molecular weight is 300 g/mol. The maximum atomic E-state index is 12.5. The summed E-state index contributed by atoms with van der Waals surface area (Å²) in [6.07, 6.45) is -4.70. The van der Waals surface area contributed by atoms with Gasteiger partial charge in [-0.25, -0.2) is 0 Å². The van der Waals surface area contributed by atoms with E-state index in [0.717, 1.165) is 13.2 Å². The Bertz CT molecular complexity index is 433. The Balaban J connectivity index is 3.47. The highest BCUT2D eigenvalue weighted by Gasteiger charge is 2.36. The molecule has 8 heteroatoms. The van der Waals surface area contributed by atoms with E-state index in [-0.39, 0.29) is 4.47 Å². The number of rotatable bonds is 2. The van der Waals surface area contributed by atoms with Crippen molar-refractivity contribution in [1.29, 1.82) is 0 Å². The van der Waals surface area contributed by atoms with Gasteiger partial charge in [0.1, 0.15) is 11.3 Å². The van der Waals surface area contributed by atoms with Gasteiger partial charge in [-0.15, -0.1) is 0 Å². The molecule has 0 saturated carbocycles. The second-order valence-electron chi connectivity index (χ2n) is 2.76. The van der Waals surface area contributed by atoms with Gasteiger partial charge < -0.3 is 4.74 Å². The summed E-state index contributed by atoms with van der Waals surface area (Å²) in [6.45, 7) is 0. The third kappa shape index (κ3) is 2.43. The standard InChI is InChI=1S/C8H5BrF3NO3/c1-16-7-3-5(9)6(13(14)15)2-4(7)8(10,11)12/h2-3H,1H3. The number of halogens is 4. The first-order chi connectivity index (χ1) is 7.27. The van der Waals surface area contributed by atoms with Crippen LogP contribution in [0.2, 0.25) is 0 Å². The summed E-state index contributed by atoms with van der Waals surface area (Å²) < 4.78 is 41.9. The summed E-state index contributed by atoms with van der Waals surface area (Å²) in [6, 6.07) is 1.35. The normalized spacial score (nSPS) is 11.3. The number of ether oxygens (including phenoxy) is 1. The minimum Gasteiger partial charge on any atom is -0.496 e. The SMILES string of the molecule is COc1cc(Br)c([N+](=O)[O-])cc1C(F)(F)F. The van der Waals surface area contributed by atoms with Crippen molar-refractivity contribution in [3.8, 4) is 5.75 Å². The average Bonchev–Trinajstić information content (AvgIpc) is 2.14. The van der Waals surface area contributed by atoms with Crippen molar-refractivity contribution in [2.45, 2.75) is 6.18 Å². The van der Waals surface area contributed by atoms with Crippen LogP contribution in [0.5, 0.6) is 5.75 Å². The molecule has 0 heterocycles. The molecular formula is C8H5BrF3NO3. The fourth-order valence-corrected chi connectivity index (χ4v) is 1.54. The summed E-state index contributed by atoms with van der Waals surface area (Å²) in [5.74, 6) is -0.468. The molecule has 0 radical (unpaired) electrons. The number of hydrogen-bond donors (Lipinski definition) is 0. The smallest absolute Gasteiger partial charge is 0.420 e. The molecule has 0 aromatic heterocycles. The van der Waals surface area contributed by atoms with Gasteiger partial charge in [-0.05, 0) is 15.9 Å². The Morgan fingerprint density at radius 3 is 2.38 bits per heavy atom. The van der Waals surface area contributed by atoms with Crippen molar-refractivity contribution in [1.82, 2.24) is 0 Å². The number of methoxy groups -OCH3 is 1. The van der Waals surface area contributed by atoms with Crippen LogP contribution in [0.4, 0.5) is 18.9 Å². The van der Waals surface area contributed by atoms with E-state index >= 15 is 0 Å². The zero-order chi connectivity index (χ0) is 12.5. The highest BCUT2D eigenvalue weighted by atomic mass is 79.9. The molecule has 0 fully saturated rings. The van der Waals surface area contributed by atoms with Gasteiger partial charge >= 0.3 is 6.18 Å². The van der Waals surface area contributed by atoms with Crippen LogP contribution >= 0.6 is 15.9 Å². The molecular weight excluding hydrogens is 295 g/mol. The van der Waals surface area contributed by atoms with Crippen LogP contribution in [0.1, 0.15) is 5.56 Å². The third-order valence-electron chi connectivity index (χ3n) is 1.77. The molecule has 0 saturated heterocycles. The molecule has 1 aromatic carbocycles. The molecule has 16 heavy (non-hydrogen) atoms. The fourth-order valence-electron chi connectivity index (χ4n) is 1.07. The van der Waals surface area contributed by atoms with E-state index in [9.17, 15) is 23.3 Å². The van der Waals surface area contributed by atoms with E-state index < -0.39 is 28.1 Å². The number of alkyl halides is 3. The first-order valence-corrected chi connectivity index (χ1v) is 4.65. The maximum Gasteiger partial charge on any atom is 0.420 e. The van der Waals surface area contributed by atoms with Crippen LogP contribution in [-0.4, -0.2) is 12.0 Å². The Morgan fingerprint density at radius 2 is 2.00 bits per heavy atom. The van der Waals surface area contributed by atoms with Gasteiger partial charge in [-0.2, -0.15) is 13.2 Å². The van der Waals surface area contributed by atoms with Crippen LogP contribution in [0.15, 0.2) is 16.6 Å². The van der Waals surface area contributed by atoms with E-state index in [1.54, 1.807) is 0 Å². The molecule has 0 spiro atoms. The maximum absolute atomic E-state index is 12.5. The van der Waals surface area contributed by atoms with Crippen LogP contribution in [0.25, 0.3) is 0 Å². The van der Waals surface area contributed by atoms with Gasteiger partial charge in [0.15, 0.2) is 0 Å². The molecule has 0 aliphatic heterocycles. The molecule has 0 N–H and O–H groups in total. The van der Waals surface area contributed by atoms with E-state index in [4.69, 9.17) is 0 Å². The molecule has 0 unspecified atom stereocenters. The summed E-state index contributed by atoms with van der Waals surface area (Å²) in [5.41, 5.74) is -1.84. The molecule has 0 atom stereocenters. The second-order valence-corrected chi connectivity index (χ2v) is 3.61. The van der Waals surface area contributed by atoms with Crippen molar-refractivity contribution in [2.75, 3.05) is 7.11 Å². The topological polar surface area (TPSA) is 52.4 Å². The van der Waals surface area contributed by atoms with Crippen molar-refractivity contribution >= 4 is 21.6 Å². The summed E-state index contributed by atoms with van der Waals surface area (Å²) >= 11 is 2.80. The van der Waals surface area contributed by atoms with E-state index in [2.05, 4.69) is 20.7 Å². The van der Waals surface area contributed by atoms with Crippen molar-refractivity contribution in [3.63, 3.8) is 0 Å². The van der Waals surface area contributed by atoms with E-state index in [0.29, 0.717) is 6.07 Å². The minimum absolute atomic E-state index is 0.0673. The molecule has 88 valence electrons. The van der Waals surface area contributed by atoms with Crippen molar-refractivity contribution in [2.24, 2.45) is 0 Å². The number of nitro groups is 1. The predicted molar refractivity (Wildman–Crippen MR) is 52.4 cm³/mol. The van der Waals surface area contributed by atoms with Crippen molar-refractivity contribution in [3.05, 3.63) is 32.3 Å². The first kappa shape index (κ1) is 12.8. The number of hydrogen-bond acceptors (Lipinski definition) is 3. The highest BCUT2D eigenvalue weighted by Crippen LogP contribution is 2.41. The molecule has 4 nitrogen and oxygen atoms in total. The Morgan fingerprint density at radius 1 is 1.44 bits per heavy atom. The number of nitrogens with zero attached hydrogens (tertiary/aromatic N) is 1. The Hall–Kier alpha value is -1.31. The van der Waals surface area contributed by atoms with Crippen LogP contribution < -0.4 is 4.74 Å². The number of nitro benzene ring substituents is 1. The lowest BCUT2D eigenvalue weighted by Gasteiger charge is -2.11. The van der Waals surface area contributed by atoms with E-state index in [1.165, 1.54) is 0 Å². The Labute approximate surface area is 96.3 Å². The quantitative estimate of drug-likeness (QED) is 0.621. The Kier molecular flexibility index (Phi) is 3.41. The highest BCUT2D eigenvalue weighted by molar-refractivity contribution is 9.10. The molecule has 0 bridgehead atoms. The lowest BCUT2D eigenvalue weighted by Crippen LogP contribution is -2.08. The van der Waals surface area contributed by atoms with Crippen molar-refractivity contribution < 1.29 is 22.8 Å². The molecule has 0 aliphatic carbocycles. The van der Waals surface area contributed by atoms with Gasteiger partial charge in [0.05, 0.1) is 16.5 Å². The van der Waals surface area contributed by atoms with Gasteiger partial charge in [0, 0.05) is 12.1 Å². The third-order valence-corrected chi connectivity index (χ3v) is 2.41. The fraction of sp³-hybridized carbons (Fsp3) is 0.250. The molecule has 1 rings (SSSR count). The summed E-state index contributed by atoms with van der Waals surface area (Å²) in [7, 11) is 1.06. The zero-order valence-corrected chi connectivity index (χ0v) is 9.42. The van der Waals surface area contributed by atoms with Crippen LogP contribution in [0.3, 0.4) is 0 Å². The molecule has 0 amide bonds. The molecule has 0 aliphatic rings. The molecule has 1 aromatic rings. The predicted octanol–water partition coefficient (Wildman–Crippen LogP) is 3.38. The number of benzene rings is 1. The summed E-state index contributed by atoms with van der Waals surface area (Å²) in [5, 5.41) is 10.5. The van der Waals surface area contributed by atoms with Gasteiger partial charge in [-0.1, -0.05) is 0 Å². The summed E-state index contributed by atoms with van der Waals surface area (Å²) in [4.78, 5) is 9.56. The zero-order valence-electron chi connectivity index (χ0n) is 7.84. The minimum atomic E-state index is -4.70. The van der Waals surface area contributed by atoms with Crippen LogP contribution in [0, 0.1) is 10.1 Å². The van der Waals surface area contributed by atoms with Gasteiger partial charge in [0.2, 0.25) is 0 Å². The van der Waals surface area contributed by atoms with E-state index in [1.807, 2.05) is 0 Å². The van der Waals surface area contributed by atoms with Crippen LogP contribution in [-0.2, 0) is 6.18 Å². The van der Waals surface area contributed by atoms with Gasteiger partial charge in [0.25, 0.3) is 5.69 Å². The largest absolute Gasteiger partial charge is 0.496 e. The lowest BCUT2D eigenvalue weighted by atomic mass is 10.1.